The second-order valence-electron chi connectivity index (χ2n) is 7.70. The summed E-state index contributed by atoms with van der Waals surface area (Å²) in [6.45, 7) is 4.46. The van der Waals surface area contributed by atoms with Gasteiger partial charge in [-0.2, -0.15) is 0 Å². The van der Waals surface area contributed by atoms with Crippen molar-refractivity contribution in [1.29, 1.82) is 0 Å². The van der Waals surface area contributed by atoms with Crippen molar-refractivity contribution in [2.45, 2.75) is 31.8 Å². The Balaban J connectivity index is 1.53. The van der Waals surface area contributed by atoms with Gasteiger partial charge in [0.2, 0.25) is 10.0 Å². The first kappa shape index (κ1) is 19.4. The summed E-state index contributed by atoms with van der Waals surface area (Å²) >= 11 is 1.38. The molecule has 1 amide bonds. The Hall–Kier alpha value is -1.90. The van der Waals surface area contributed by atoms with Crippen LogP contribution in [0.3, 0.4) is 0 Å². The number of rotatable bonds is 5. The number of amides is 1. The van der Waals surface area contributed by atoms with Crippen molar-refractivity contribution in [3.8, 4) is 10.4 Å². The molecule has 0 saturated carbocycles. The van der Waals surface area contributed by atoms with Crippen LogP contribution in [0.25, 0.3) is 10.4 Å². The lowest BCUT2D eigenvalue weighted by molar-refractivity contribution is 0.0218. The molecule has 8 heteroatoms. The summed E-state index contributed by atoms with van der Waals surface area (Å²) in [5.74, 6) is 0.512. The lowest BCUT2D eigenvalue weighted by Crippen LogP contribution is -2.62. The molecular weight excluding hydrogens is 394 g/mol. The van der Waals surface area contributed by atoms with Gasteiger partial charge in [0.05, 0.1) is 16.8 Å². The summed E-state index contributed by atoms with van der Waals surface area (Å²) in [7, 11) is -3.38. The highest BCUT2D eigenvalue weighted by Crippen LogP contribution is 2.35. The van der Waals surface area contributed by atoms with Crippen LogP contribution in [0.2, 0.25) is 0 Å². The molecule has 1 aromatic heterocycles. The van der Waals surface area contributed by atoms with Crippen molar-refractivity contribution in [3.05, 3.63) is 41.3 Å². The molecule has 3 aliphatic rings. The van der Waals surface area contributed by atoms with Gasteiger partial charge in [0.1, 0.15) is 0 Å². The van der Waals surface area contributed by atoms with E-state index >= 15 is 0 Å². The maximum absolute atomic E-state index is 12.9. The first-order chi connectivity index (χ1) is 13.3. The van der Waals surface area contributed by atoms with Gasteiger partial charge in [-0.05, 0) is 57.0 Å². The number of hydrogen-bond donors (Lipinski definition) is 2. The number of thiophene rings is 1. The molecule has 0 radical (unpaired) electrons. The molecule has 2 atom stereocenters. The average molecular weight is 420 g/mol. The number of nitrogens with one attached hydrogen (secondary N) is 2. The van der Waals surface area contributed by atoms with Crippen molar-refractivity contribution in [1.82, 2.24) is 10.2 Å². The molecular formula is C20H25N3O3S2. The van der Waals surface area contributed by atoms with Gasteiger partial charge in [0.15, 0.2) is 0 Å². The number of hydrogen-bond acceptors (Lipinski definition) is 5. The van der Waals surface area contributed by atoms with Gasteiger partial charge in [0, 0.05) is 22.5 Å². The number of carbonyl (C=O) groups excluding carboxylic acids is 1. The molecule has 0 spiro atoms. The summed E-state index contributed by atoms with van der Waals surface area (Å²) in [6, 6.07) is 11.5. The van der Waals surface area contributed by atoms with E-state index in [-0.39, 0.29) is 11.9 Å². The van der Waals surface area contributed by atoms with Gasteiger partial charge in [-0.3, -0.25) is 14.4 Å². The Morgan fingerprint density at radius 1 is 1.14 bits per heavy atom. The standard InChI is InChI=1S/C20H25N3O3S2/c1-13-19(14-9-11-23(13)12-10-14)21-20(24)18-8-7-17(27-18)15-5-3-4-6-16(15)22-28(2,25)26/h3-8,13-14,19,22H,9-12H2,1-2H3,(H,21,24)/t13-,19-/m0/s1. The molecule has 1 aromatic carbocycles. The minimum absolute atomic E-state index is 0.0459. The van der Waals surface area contributed by atoms with E-state index in [0.717, 1.165) is 42.6 Å². The van der Waals surface area contributed by atoms with Crippen molar-refractivity contribution in [3.63, 3.8) is 0 Å². The number of piperidine rings is 3. The summed E-state index contributed by atoms with van der Waals surface area (Å²) in [4.78, 5) is 16.8. The lowest BCUT2D eigenvalue weighted by Gasteiger charge is -2.49. The fourth-order valence-corrected chi connectivity index (χ4v) is 5.89. The maximum atomic E-state index is 12.9. The number of para-hydroxylation sites is 1. The minimum Gasteiger partial charge on any atom is -0.347 e. The molecule has 0 aliphatic carbocycles. The molecule has 2 N–H and O–H groups in total. The van der Waals surface area contributed by atoms with E-state index in [4.69, 9.17) is 0 Å². The van der Waals surface area contributed by atoms with Crippen LogP contribution in [0.4, 0.5) is 5.69 Å². The molecule has 2 aromatic rings. The topological polar surface area (TPSA) is 78.5 Å². The van der Waals surface area contributed by atoms with Crippen molar-refractivity contribution in [2.75, 3.05) is 24.1 Å². The molecule has 2 bridgehead atoms. The predicted molar refractivity (Wildman–Crippen MR) is 113 cm³/mol. The van der Waals surface area contributed by atoms with Crippen LogP contribution in [0.1, 0.15) is 29.4 Å². The zero-order chi connectivity index (χ0) is 19.9. The Labute approximate surface area is 170 Å². The number of nitrogens with zero attached hydrogens (tertiary/aromatic N) is 1. The summed E-state index contributed by atoms with van der Waals surface area (Å²) in [5, 5.41) is 3.25. The minimum atomic E-state index is -3.38. The van der Waals surface area contributed by atoms with Crippen LogP contribution in [-0.2, 0) is 10.0 Å². The van der Waals surface area contributed by atoms with Crippen molar-refractivity contribution < 1.29 is 13.2 Å². The number of fused-ring (bicyclic) bond motifs is 3. The summed E-state index contributed by atoms with van der Waals surface area (Å²) < 4.78 is 25.8. The van der Waals surface area contributed by atoms with Gasteiger partial charge < -0.3 is 5.32 Å². The Morgan fingerprint density at radius 2 is 1.86 bits per heavy atom. The maximum Gasteiger partial charge on any atom is 0.261 e. The number of carbonyl (C=O) groups is 1. The number of sulfonamides is 1. The zero-order valence-corrected chi connectivity index (χ0v) is 17.6. The average Bonchev–Trinajstić information content (AvgIpc) is 3.14. The normalized spacial score (nSPS) is 26.8. The predicted octanol–water partition coefficient (Wildman–Crippen LogP) is 3.00. The highest BCUT2D eigenvalue weighted by molar-refractivity contribution is 7.92. The van der Waals surface area contributed by atoms with Crippen LogP contribution in [0, 0.1) is 5.92 Å². The summed E-state index contributed by atoms with van der Waals surface area (Å²) in [6.07, 6.45) is 3.43. The summed E-state index contributed by atoms with van der Waals surface area (Å²) in [5.41, 5.74) is 1.29. The Morgan fingerprint density at radius 3 is 2.54 bits per heavy atom. The zero-order valence-electron chi connectivity index (χ0n) is 16.0. The van der Waals surface area contributed by atoms with Gasteiger partial charge >= 0.3 is 0 Å². The van der Waals surface area contributed by atoms with Crippen LogP contribution in [0.15, 0.2) is 36.4 Å². The molecule has 150 valence electrons. The monoisotopic (exact) mass is 419 g/mol. The lowest BCUT2D eigenvalue weighted by atomic mass is 9.79. The van der Waals surface area contributed by atoms with E-state index in [1.807, 2.05) is 24.3 Å². The van der Waals surface area contributed by atoms with Crippen LogP contribution < -0.4 is 10.0 Å². The Kier molecular flexibility index (Phi) is 5.20. The van der Waals surface area contributed by atoms with E-state index in [0.29, 0.717) is 22.5 Å². The molecule has 3 aliphatic heterocycles. The second kappa shape index (κ2) is 7.50. The van der Waals surface area contributed by atoms with E-state index in [1.54, 1.807) is 12.1 Å². The van der Waals surface area contributed by atoms with E-state index in [2.05, 4.69) is 21.9 Å². The van der Waals surface area contributed by atoms with Gasteiger partial charge in [-0.1, -0.05) is 18.2 Å². The van der Waals surface area contributed by atoms with Crippen LogP contribution >= 0.6 is 11.3 Å². The molecule has 28 heavy (non-hydrogen) atoms. The number of benzene rings is 1. The molecule has 3 fully saturated rings. The first-order valence-electron chi connectivity index (χ1n) is 9.54. The fraction of sp³-hybridized carbons (Fsp3) is 0.450. The van der Waals surface area contributed by atoms with Crippen LogP contribution in [0.5, 0.6) is 0 Å². The first-order valence-corrected chi connectivity index (χ1v) is 12.2. The third-order valence-electron chi connectivity index (χ3n) is 5.79. The third kappa shape index (κ3) is 3.94. The second-order valence-corrected chi connectivity index (χ2v) is 10.5. The number of anilines is 1. The molecule has 0 unspecified atom stereocenters. The fourth-order valence-electron chi connectivity index (χ4n) is 4.36. The van der Waals surface area contributed by atoms with Crippen molar-refractivity contribution >= 4 is 33.0 Å². The molecule has 6 nitrogen and oxygen atoms in total. The largest absolute Gasteiger partial charge is 0.347 e. The Bertz CT molecular complexity index is 976. The molecule has 3 saturated heterocycles. The quantitative estimate of drug-likeness (QED) is 0.781. The highest BCUT2D eigenvalue weighted by atomic mass is 32.2. The van der Waals surface area contributed by atoms with Gasteiger partial charge in [-0.25, -0.2) is 8.42 Å². The highest BCUT2D eigenvalue weighted by Gasteiger charge is 2.40. The van der Waals surface area contributed by atoms with Crippen molar-refractivity contribution in [2.24, 2.45) is 5.92 Å². The molecule has 5 rings (SSSR count). The van der Waals surface area contributed by atoms with Gasteiger partial charge in [0.25, 0.3) is 5.91 Å². The SMILES string of the molecule is C[C@H]1[C@H](NC(=O)c2ccc(-c3ccccc3NS(C)(=O)=O)s2)C2CCN1CC2. The van der Waals surface area contributed by atoms with E-state index in [1.165, 1.54) is 11.3 Å². The van der Waals surface area contributed by atoms with Gasteiger partial charge in [-0.15, -0.1) is 11.3 Å². The third-order valence-corrected chi connectivity index (χ3v) is 7.50. The van der Waals surface area contributed by atoms with Crippen LogP contribution in [-0.4, -0.2) is 50.7 Å². The smallest absolute Gasteiger partial charge is 0.261 e. The molecule has 4 heterocycles. The van der Waals surface area contributed by atoms with E-state index in [9.17, 15) is 13.2 Å². The van der Waals surface area contributed by atoms with E-state index < -0.39 is 10.0 Å².